The van der Waals surface area contributed by atoms with Crippen molar-refractivity contribution in [2.24, 2.45) is 11.1 Å². The van der Waals surface area contributed by atoms with E-state index in [1.165, 1.54) is 27.6 Å². The molecule has 1 aliphatic carbocycles. The highest BCUT2D eigenvalue weighted by molar-refractivity contribution is 6.46. The number of hydrogen-bond acceptors (Lipinski definition) is 7. The second-order valence-corrected chi connectivity index (χ2v) is 11.1. The topological polar surface area (TPSA) is 96.2 Å². The minimum absolute atomic E-state index is 0.254. The van der Waals surface area contributed by atoms with Gasteiger partial charge in [-0.3, -0.25) is 9.59 Å². The average Bonchev–Trinajstić information content (AvgIpc) is 3.36. The lowest BCUT2D eigenvalue weighted by Crippen LogP contribution is -2.40. The van der Waals surface area contributed by atoms with E-state index in [0.29, 0.717) is 35.6 Å². The lowest BCUT2D eigenvalue weighted by molar-refractivity contribution is -0.176. The highest BCUT2D eigenvalue weighted by Crippen LogP contribution is 2.35. The number of nitrogens with zero attached hydrogens (tertiary/aromatic N) is 2. The molecule has 0 unspecified atom stereocenters. The van der Waals surface area contributed by atoms with Crippen LogP contribution in [0, 0.1) is 5.92 Å². The van der Waals surface area contributed by atoms with Crippen LogP contribution in [0.25, 0.3) is 21.8 Å². The van der Waals surface area contributed by atoms with E-state index < -0.39 is 11.8 Å². The maximum absolute atomic E-state index is 14.0. The second kappa shape index (κ2) is 13.0. The first-order valence-electron chi connectivity index (χ1n) is 14.9. The Kier molecular flexibility index (Phi) is 9.18. The van der Waals surface area contributed by atoms with Gasteiger partial charge in [0.2, 0.25) is 11.6 Å². The van der Waals surface area contributed by atoms with Gasteiger partial charge >= 0.3 is 5.97 Å². The molecule has 1 aromatic heterocycles. The Morgan fingerprint density at radius 1 is 0.860 bits per heavy atom. The quantitative estimate of drug-likeness (QED) is 0.0609. The number of rotatable bonds is 11. The molecule has 8 nitrogen and oxygen atoms in total. The molecule has 0 saturated heterocycles. The third-order valence-corrected chi connectivity index (χ3v) is 8.49. The van der Waals surface area contributed by atoms with E-state index in [1.54, 1.807) is 24.3 Å². The van der Waals surface area contributed by atoms with Crippen LogP contribution in [0.15, 0.2) is 71.9 Å². The van der Waals surface area contributed by atoms with E-state index in [9.17, 15) is 14.4 Å². The molecule has 0 N–H and O–H groups in total. The van der Waals surface area contributed by atoms with E-state index in [4.69, 9.17) is 14.3 Å². The number of aryl methyl sites for hydroxylation is 1. The number of benzene rings is 3. The van der Waals surface area contributed by atoms with Crippen LogP contribution in [0.1, 0.15) is 78.7 Å². The third-order valence-electron chi connectivity index (χ3n) is 8.49. The zero-order valence-corrected chi connectivity index (χ0v) is 25.2. The number of carbonyl (C=O) groups is 3. The monoisotopic (exact) mass is 582 g/mol. The Morgan fingerprint density at radius 2 is 1.47 bits per heavy atom. The first-order chi connectivity index (χ1) is 20.8. The van der Waals surface area contributed by atoms with Crippen molar-refractivity contribution in [1.29, 1.82) is 0 Å². The molecular weight excluding hydrogens is 544 g/mol. The van der Waals surface area contributed by atoms with Gasteiger partial charge in [0.05, 0.1) is 0 Å². The Hall–Kier alpha value is -4.14. The van der Waals surface area contributed by atoms with Gasteiger partial charge in [-0.1, -0.05) is 67.6 Å². The Morgan fingerprint density at radius 3 is 2.05 bits per heavy atom. The summed E-state index contributed by atoms with van der Waals surface area (Å²) < 4.78 is 13.6. The third kappa shape index (κ3) is 5.90. The number of Topliss-reactive ketones (excluding diaryl/α,β-unsaturated/α-hetero) is 2. The number of ketones is 2. The number of aromatic nitrogens is 1. The zero-order chi connectivity index (χ0) is 30.6. The van der Waals surface area contributed by atoms with Gasteiger partial charge in [0.1, 0.15) is 5.71 Å². The maximum atomic E-state index is 14.0. The molecule has 0 bridgehead atoms. The highest BCUT2D eigenvalue weighted by Gasteiger charge is 2.41. The molecule has 0 amide bonds. The number of oxime groups is 1. The molecule has 0 spiro atoms. The van der Waals surface area contributed by atoms with Gasteiger partial charge in [0.15, 0.2) is 0 Å². The van der Waals surface area contributed by atoms with Gasteiger partial charge in [-0.15, -0.1) is 0 Å². The van der Waals surface area contributed by atoms with Gasteiger partial charge < -0.3 is 18.9 Å². The van der Waals surface area contributed by atoms with Crippen LogP contribution >= 0.6 is 0 Å². The van der Waals surface area contributed by atoms with E-state index in [1.807, 2.05) is 42.5 Å². The van der Waals surface area contributed by atoms with Gasteiger partial charge in [-0.25, -0.2) is 4.79 Å². The molecule has 3 aromatic carbocycles. The van der Waals surface area contributed by atoms with Crippen molar-refractivity contribution in [2.45, 2.75) is 64.7 Å². The summed E-state index contributed by atoms with van der Waals surface area (Å²) in [7, 11) is 2.91. The number of ether oxygens (including phenoxy) is 2. The number of methoxy groups -OCH3 is 2. The average molecular weight is 583 g/mol. The van der Waals surface area contributed by atoms with Crippen LogP contribution in [0.3, 0.4) is 0 Å². The fraction of sp³-hybridized carbons (Fsp3) is 0.371. The standard InChI is InChI=1S/C35H38N2O6/c1-5-37-31-18-16-25(33(39)30(36-43-23(2)38)20-24-12-8-6-9-13-24)21-28(31)29-22-26(17-19-32(29)37)34(40)35(41-3,42-4)27-14-10-7-11-15-27/h7,10-11,14-19,21-22,24H,5-6,8-9,12-13,20H2,1-4H3/b36-30+. The molecule has 5 rings (SSSR count). The number of hydrogen-bond donors (Lipinski definition) is 0. The predicted molar refractivity (Wildman–Crippen MR) is 166 cm³/mol. The van der Waals surface area contributed by atoms with Crippen LogP contribution in [-0.2, 0) is 31.4 Å². The fourth-order valence-electron chi connectivity index (χ4n) is 6.33. The summed E-state index contributed by atoms with van der Waals surface area (Å²) in [5.74, 6) is -2.44. The van der Waals surface area contributed by atoms with Gasteiger partial charge in [0, 0.05) is 66.2 Å². The van der Waals surface area contributed by atoms with Gasteiger partial charge in [-0.2, -0.15) is 0 Å². The second-order valence-electron chi connectivity index (χ2n) is 11.1. The van der Waals surface area contributed by atoms with E-state index in [-0.39, 0.29) is 17.3 Å². The van der Waals surface area contributed by atoms with Crippen LogP contribution < -0.4 is 0 Å². The Labute approximate surface area is 251 Å². The molecule has 1 aliphatic rings. The van der Waals surface area contributed by atoms with Crippen molar-refractivity contribution in [3.8, 4) is 0 Å². The van der Waals surface area contributed by atoms with Crippen LogP contribution in [0.5, 0.6) is 0 Å². The predicted octanol–water partition coefficient (Wildman–Crippen LogP) is 7.22. The highest BCUT2D eigenvalue weighted by atomic mass is 16.7. The molecule has 1 saturated carbocycles. The van der Waals surface area contributed by atoms with Gasteiger partial charge in [0.25, 0.3) is 5.79 Å². The minimum atomic E-state index is -1.61. The minimum Gasteiger partial charge on any atom is -0.343 e. The summed E-state index contributed by atoms with van der Waals surface area (Å²) in [5, 5.41) is 5.68. The summed E-state index contributed by atoms with van der Waals surface area (Å²) in [4.78, 5) is 44.3. The van der Waals surface area contributed by atoms with Crippen molar-refractivity contribution in [3.05, 3.63) is 83.4 Å². The van der Waals surface area contributed by atoms with Crippen LogP contribution in [-0.4, -0.2) is 42.0 Å². The molecule has 224 valence electrons. The molecule has 8 heteroatoms. The smallest absolute Gasteiger partial charge is 0.331 e. The Bertz CT molecular complexity index is 1680. The van der Waals surface area contributed by atoms with Gasteiger partial charge in [-0.05, 0) is 55.7 Å². The summed E-state index contributed by atoms with van der Waals surface area (Å²) in [6.45, 7) is 4.03. The van der Waals surface area contributed by atoms with Crippen molar-refractivity contribution < 1.29 is 28.7 Å². The maximum Gasteiger partial charge on any atom is 0.331 e. The van der Waals surface area contributed by atoms with Crippen molar-refractivity contribution in [1.82, 2.24) is 4.57 Å². The molecule has 1 fully saturated rings. The van der Waals surface area contributed by atoms with E-state index in [2.05, 4.69) is 16.6 Å². The van der Waals surface area contributed by atoms with Crippen molar-refractivity contribution in [3.63, 3.8) is 0 Å². The molecular formula is C35H38N2O6. The summed E-state index contributed by atoms with van der Waals surface area (Å²) >= 11 is 0. The lowest BCUT2D eigenvalue weighted by Gasteiger charge is -2.29. The summed E-state index contributed by atoms with van der Waals surface area (Å²) in [6.07, 6.45) is 5.97. The summed E-state index contributed by atoms with van der Waals surface area (Å²) in [5.41, 5.74) is 3.60. The zero-order valence-electron chi connectivity index (χ0n) is 25.2. The number of carbonyl (C=O) groups excluding carboxylic acids is 3. The number of fused-ring (bicyclic) bond motifs is 3. The SMILES string of the molecule is CCn1c2ccc(C(=O)/C(CC3CCCCC3)=N/OC(C)=O)cc2c2cc(C(=O)C(OC)(OC)c3ccccc3)ccc21. The van der Waals surface area contributed by atoms with Crippen molar-refractivity contribution >= 4 is 45.1 Å². The van der Waals surface area contributed by atoms with Crippen LogP contribution in [0.4, 0.5) is 0 Å². The van der Waals surface area contributed by atoms with Crippen LogP contribution in [0.2, 0.25) is 0 Å². The normalized spacial score (nSPS) is 14.7. The first-order valence-corrected chi connectivity index (χ1v) is 14.9. The molecule has 1 heterocycles. The van der Waals surface area contributed by atoms with Crippen molar-refractivity contribution in [2.75, 3.05) is 14.2 Å². The molecule has 0 radical (unpaired) electrons. The molecule has 0 atom stereocenters. The summed E-state index contributed by atoms with van der Waals surface area (Å²) in [6, 6.07) is 20.2. The molecule has 43 heavy (non-hydrogen) atoms. The Balaban J connectivity index is 1.59. The molecule has 0 aliphatic heterocycles. The lowest BCUT2D eigenvalue weighted by atomic mass is 9.84. The molecule has 4 aromatic rings. The first kappa shape index (κ1) is 30.3. The largest absolute Gasteiger partial charge is 0.343 e. The van der Waals surface area contributed by atoms with E-state index >= 15 is 0 Å². The van der Waals surface area contributed by atoms with E-state index in [0.717, 1.165) is 47.5 Å². The fourth-order valence-corrected chi connectivity index (χ4v) is 6.33.